The van der Waals surface area contributed by atoms with Crippen molar-refractivity contribution in [3.05, 3.63) is 26.9 Å². The summed E-state index contributed by atoms with van der Waals surface area (Å²) in [6, 6.07) is 0. The summed E-state index contributed by atoms with van der Waals surface area (Å²) >= 11 is 4.95. The Morgan fingerprint density at radius 3 is 2.94 bits per heavy atom. The maximum absolute atomic E-state index is 5.65. The number of anilines is 2. The second kappa shape index (κ2) is 4.75. The molecule has 0 aliphatic rings. The van der Waals surface area contributed by atoms with Gasteiger partial charge in [-0.3, -0.25) is 0 Å². The Hall–Kier alpha value is -1.21. The molecule has 2 heterocycles. The summed E-state index contributed by atoms with van der Waals surface area (Å²) in [5.41, 5.74) is 8.52. The number of nitrogens with zero attached hydrogens (tertiary/aromatic N) is 3. The molecule has 0 saturated carbocycles. The van der Waals surface area contributed by atoms with E-state index in [-0.39, 0.29) is 0 Å². The third-order valence-electron chi connectivity index (χ3n) is 2.08. The minimum absolute atomic E-state index is 0.429. The number of aryl methyl sites for hydroxylation is 1. The smallest absolute Gasteiger partial charge is 0.146 e. The van der Waals surface area contributed by atoms with E-state index in [1.807, 2.05) is 12.4 Å². The Balaban J connectivity index is 2.11. The lowest BCUT2D eigenvalue weighted by Crippen LogP contribution is -2.04. The molecule has 0 fully saturated rings. The van der Waals surface area contributed by atoms with Crippen LogP contribution in [-0.4, -0.2) is 15.0 Å². The van der Waals surface area contributed by atoms with Crippen LogP contribution < -0.4 is 11.1 Å². The molecule has 3 N–H and O–H groups in total. The van der Waals surface area contributed by atoms with Gasteiger partial charge < -0.3 is 11.1 Å². The van der Waals surface area contributed by atoms with E-state index in [2.05, 4.69) is 36.2 Å². The highest BCUT2D eigenvalue weighted by molar-refractivity contribution is 9.10. The predicted octanol–water partition coefficient (Wildman–Crippen LogP) is 2.20. The van der Waals surface area contributed by atoms with Gasteiger partial charge in [0, 0.05) is 4.88 Å². The number of halogens is 1. The molecule has 0 spiro atoms. The van der Waals surface area contributed by atoms with Gasteiger partial charge in [-0.05, 0) is 22.9 Å². The fraction of sp³-hybridized carbons (Fsp3) is 0.222. The van der Waals surface area contributed by atoms with Gasteiger partial charge in [-0.15, -0.1) is 11.3 Å². The first-order valence-corrected chi connectivity index (χ1v) is 6.24. The molecule has 0 saturated heterocycles. The molecule has 0 atom stereocenters. The molecule has 7 heteroatoms. The van der Waals surface area contributed by atoms with E-state index in [1.54, 1.807) is 11.3 Å². The SMILES string of the molecule is Cc1ncsc1CNc1ncnc(N)c1Br. The normalized spacial score (nSPS) is 10.4. The standard InChI is InChI=1S/C9H10BrN5S/c1-5-6(16-4-15-5)2-12-9-7(10)8(11)13-3-14-9/h3-4H,2H2,1H3,(H3,11,12,13,14). The van der Waals surface area contributed by atoms with Crippen LogP contribution in [0.5, 0.6) is 0 Å². The molecule has 0 bridgehead atoms. The van der Waals surface area contributed by atoms with Crippen LogP contribution >= 0.6 is 27.3 Å². The largest absolute Gasteiger partial charge is 0.383 e. The van der Waals surface area contributed by atoms with Gasteiger partial charge in [-0.25, -0.2) is 15.0 Å². The summed E-state index contributed by atoms with van der Waals surface area (Å²) in [4.78, 5) is 13.3. The van der Waals surface area contributed by atoms with Gasteiger partial charge in [0.05, 0.1) is 17.7 Å². The van der Waals surface area contributed by atoms with Crippen LogP contribution in [0.3, 0.4) is 0 Å². The highest BCUT2D eigenvalue weighted by atomic mass is 79.9. The topological polar surface area (TPSA) is 76.7 Å². The zero-order valence-electron chi connectivity index (χ0n) is 8.57. The molecule has 0 aliphatic heterocycles. The van der Waals surface area contributed by atoms with Gasteiger partial charge >= 0.3 is 0 Å². The summed E-state index contributed by atoms with van der Waals surface area (Å²) in [6.45, 7) is 2.67. The molecule has 2 aromatic rings. The quantitative estimate of drug-likeness (QED) is 0.908. The monoisotopic (exact) mass is 299 g/mol. The Morgan fingerprint density at radius 2 is 2.25 bits per heavy atom. The number of hydrogen-bond donors (Lipinski definition) is 2. The molecule has 84 valence electrons. The van der Waals surface area contributed by atoms with Crippen LogP contribution in [0.1, 0.15) is 10.6 Å². The van der Waals surface area contributed by atoms with Gasteiger partial charge in [-0.2, -0.15) is 0 Å². The van der Waals surface area contributed by atoms with Crippen molar-refractivity contribution in [2.75, 3.05) is 11.1 Å². The lowest BCUT2D eigenvalue weighted by atomic mass is 10.4. The number of thiazole rings is 1. The molecular formula is C9H10BrN5S. The summed E-state index contributed by atoms with van der Waals surface area (Å²) in [5.74, 6) is 1.12. The second-order valence-electron chi connectivity index (χ2n) is 3.14. The summed E-state index contributed by atoms with van der Waals surface area (Å²) in [5, 5.41) is 3.19. The van der Waals surface area contributed by atoms with Gasteiger partial charge in [-0.1, -0.05) is 0 Å². The summed E-state index contributed by atoms with van der Waals surface area (Å²) in [6.07, 6.45) is 1.43. The van der Waals surface area contributed by atoms with E-state index in [0.717, 1.165) is 5.69 Å². The maximum Gasteiger partial charge on any atom is 0.146 e. The third kappa shape index (κ3) is 2.30. The molecular weight excluding hydrogens is 290 g/mol. The van der Waals surface area contributed by atoms with Crippen LogP contribution in [0.15, 0.2) is 16.3 Å². The molecule has 2 rings (SSSR count). The minimum Gasteiger partial charge on any atom is -0.383 e. The zero-order valence-corrected chi connectivity index (χ0v) is 11.0. The van der Waals surface area contributed by atoms with E-state index in [0.29, 0.717) is 22.7 Å². The average Bonchev–Trinajstić information content (AvgIpc) is 2.67. The summed E-state index contributed by atoms with van der Waals surface area (Å²) < 4.78 is 0.692. The van der Waals surface area contributed by atoms with E-state index in [4.69, 9.17) is 5.73 Å². The van der Waals surface area contributed by atoms with Gasteiger partial charge in [0.2, 0.25) is 0 Å². The molecule has 16 heavy (non-hydrogen) atoms. The second-order valence-corrected chi connectivity index (χ2v) is 4.87. The Kier molecular flexibility index (Phi) is 3.35. The van der Waals surface area contributed by atoms with Crippen LogP contribution in [0.2, 0.25) is 0 Å². The third-order valence-corrected chi connectivity index (χ3v) is 3.79. The first-order valence-electron chi connectivity index (χ1n) is 4.57. The van der Waals surface area contributed by atoms with Crippen molar-refractivity contribution >= 4 is 38.9 Å². The predicted molar refractivity (Wildman–Crippen MR) is 68.3 cm³/mol. The van der Waals surface area contributed by atoms with Crippen molar-refractivity contribution in [1.82, 2.24) is 15.0 Å². The molecule has 0 aromatic carbocycles. The summed E-state index contributed by atoms with van der Waals surface area (Å²) in [7, 11) is 0. The van der Waals surface area contributed by atoms with E-state index in [1.165, 1.54) is 11.2 Å². The van der Waals surface area contributed by atoms with Crippen LogP contribution in [0.4, 0.5) is 11.6 Å². The Labute approximate surface area is 105 Å². The van der Waals surface area contributed by atoms with Crippen molar-refractivity contribution in [1.29, 1.82) is 0 Å². The van der Waals surface area contributed by atoms with Crippen molar-refractivity contribution in [3.8, 4) is 0 Å². The minimum atomic E-state index is 0.429. The number of nitrogens with one attached hydrogen (secondary N) is 1. The lowest BCUT2D eigenvalue weighted by molar-refractivity contribution is 1.07. The number of aromatic nitrogens is 3. The first-order chi connectivity index (χ1) is 7.68. The maximum atomic E-state index is 5.65. The van der Waals surface area contributed by atoms with Crippen molar-refractivity contribution in [2.24, 2.45) is 0 Å². The van der Waals surface area contributed by atoms with Gasteiger partial charge in [0.25, 0.3) is 0 Å². The number of hydrogen-bond acceptors (Lipinski definition) is 6. The van der Waals surface area contributed by atoms with Crippen LogP contribution in [-0.2, 0) is 6.54 Å². The number of rotatable bonds is 3. The van der Waals surface area contributed by atoms with E-state index < -0.39 is 0 Å². The Morgan fingerprint density at radius 1 is 1.44 bits per heavy atom. The van der Waals surface area contributed by atoms with Gasteiger partial charge in [0.15, 0.2) is 0 Å². The Bertz CT molecular complexity index is 498. The first kappa shape index (κ1) is 11.3. The van der Waals surface area contributed by atoms with Crippen LogP contribution in [0.25, 0.3) is 0 Å². The molecule has 0 unspecified atom stereocenters. The van der Waals surface area contributed by atoms with E-state index in [9.17, 15) is 0 Å². The van der Waals surface area contributed by atoms with E-state index >= 15 is 0 Å². The van der Waals surface area contributed by atoms with Crippen molar-refractivity contribution in [3.63, 3.8) is 0 Å². The van der Waals surface area contributed by atoms with Gasteiger partial charge in [0.1, 0.15) is 22.4 Å². The molecule has 0 aliphatic carbocycles. The molecule has 5 nitrogen and oxygen atoms in total. The number of nitrogen functional groups attached to an aromatic ring is 1. The molecule has 2 aromatic heterocycles. The fourth-order valence-electron chi connectivity index (χ4n) is 1.17. The highest BCUT2D eigenvalue weighted by Crippen LogP contribution is 2.25. The lowest BCUT2D eigenvalue weighted by Gasteiger charge is -2.07. The average molecular weight is 300 g/mol. The zero-order chi connectivity index (χ0) is 11.5. The highest BCUT2D eigenvalue weighted by Gasteiger charge is 2.07. The van der Waals surface area contributed by atoms with Crippen LogP contribution in [0, 0.1) is 6.92 Å². The fourth-order valence-corrected chi connectivity index (χ4v) is 2.23. The van der Waals surface area contributed by atoms with Crippen molar-refractivity contribution in [2.45, 2.75) is 13.5 Å². The number of nitrogens with two attached hydrogens (primary N) is 1. The molecule has 0 amide bonds. The molecule has 0 radical (unpaired) electrons. The van der Waals surface area contributed by atoms with Crippen molar-refractivity contribution < 1.29 is 0 Å².